The first kappa shape index (κ1) is 12.5. The van der Waals surface area contributed by atoms with Crippen molar-refractivity contribution in [3.05, 3.63) is 66.4 Å². The van der Waals surface area contributed by atoms with E-state index in [2.05, 4.69) is 41.9 Å². The zero-order chi connectivity index (χ0) is 14.1. The molecule has 0 fully saturated rings. The number of hydrogen-bond acceptors (Lipinski definition) is 2. The van der Waals surface area contributed by atoms with E-state index >= 15 is 0 Å². The van der Waals surface area contributed by atoms with Crippen molar-refractivity contribution in [3.8, 4) is 11.1 Å². The summed E-state index contributed by atoms with van der Waals surface area (Å²) < 4.78 is 0. The van der Waals surface area contributed by atoms with E-state index < -0.39 is 0 Å². The number of benzene rings is 2. The molecule has 0 saturated carbocycles. The van der Waals surface area contributed by atoms with Crippen LogP contribution in [0.5, 0.6) is 0 Å². The van der Waals surface area contributed by atoms with Crippen LogP contribution in [-0.2, 0) is 6.54 Å². The Labute approximate surface area is 117 Å². The lowest BCUT2D eigenvalue weighted by Crippen LogP contribution is -1.95. The molecule has 2 aromatic carbocycles. The van der Waals surface area contributed by atoms with Crippen LogP contribution < -0.4 is 11.5 Å². The van der Waals surface area contributed by atoms with Crippen molar-refractivity contribution in [3.63, 3.8) is 0 Å². The minimum atomic E-state index is 0.548. The summed E-state index contributed by atoms with van der Waals surface area (Å²) in [5.41, 5.74) is 17.5. The Morgan fingerprint density at radius 3 is 2.75 bits per heavy atom. The molecule has 0 bridgehead atoms. The van der Waals surface area contributed by atoms with Crippen LogP contribution in [0.25, 0.3) is 27.7 Å². The topological polar surface area (TPSA) is 67.8 Å². The van der Waals surface area contributed by atoms with Gasteiger partial charge in [-0.15, -0.1) is 0 Å². The fourth-order valence-corrected chi connectivity index (χ4v) is 2.43. The van der Waals surface area contributed by atoms with E-state index in [9.17, 15) is 0 Å². The van der Waals surface area contributed by atoms with Crippen LogP contribution in [0, 0.1) is 0 Å². The highest BCUT2D eigenvalue weighted by atomic mass is 14.7. The van der Waals surface area contributed by atoms with Crippen molar-refractivity contribution < 1.29 is 0 Å². The molecular weight excluding hydrogens is 246 g/mol. The Kier molecular flexibility index (Phi) is 3.05. The summed E-state index contributed by atoms with van der Waals surface area (Å²) in [5, 5.41) is 1.18. The number of rotatable bonds is 3. The zero-order valence-corrected chi connectivity index (χ0v) is 11.2. The van der Waals surface area contributed by atoms with Crippen LogP contribution in [0.15, 0.2) is 55.2 Å². The average molecular weight is 263 g/mol. The van der Waals surface area contributed by atoms with Gasteiger partial charge in [0.1, 0.15) is 0 Å². The van der Waals surface area contributed by atoms with Crippen molar-refractivity contribution in [1.82, 2.24) is 4.98 Å². The minimum absolute atomic E-state index is 0.548. The van der Waals surface area contributed by atoms with E-state index in [1.165, 1.54) is 5.39 Å². The highest BCUT2D eigenvalue weighted by Gasteiger charge is 2.07. The predicted molar refractivity (Wildman–Crippen MR) is 84.8 cm³/mol. The van der Waals surface area contributed by atoms with Gasteiger partial charge in [0.25, 0.3) is 0 Å². The first-order chi connectivity index (χ1) is 9.69. The minimum Gasteiger partial charge on any atom is -0.399 e. The molecule has 5 N–H and O–H groups in total. The van der Waals surface area contributed by atoms with E-state index in [0.717, 1.165) is 27.8 Å². The molecular formula is C17H17N3. The second-order valence-electron chi connectivity index (χ2n) is 4.89. The summed E-state index contributed by atoms with van der Waals surface area (Å²) in [5.74, 6) is 0. The molecule has 1 aromatic heterocycles. The largest absolute Gasteiger partial charge is 0.399 e. The van der Waals surface area contributed by atoms with Crippen molar-refractivity contribution in [2.45, 2.75) is 6.54 Å². The molecule has 1 heterocycles. The van der Waals surface area contributed by atoms with E-state index in [4.69, 9.17) is 11.5 Å². The number of nitrogens with one attached hydrogen (secondary N) is 1. The van der Waals surface area contributed by atoms with Crippen LogP contribution in [0.3, 0.4) is 0 Å². The lowest BCUT2D eigenvalue weighted by atomic mass is 10.0. The Hall–Kier alpha value is -2.52. The number of fused-ring (bicyclic) bond motifs is 1. The lowest BCUT2D eigenvalue weighted by Gasteiger charge is -2.04. The van der Waals surface area contributed by atoms with E-state index in [1.54, 1.807) is 0 Å². The SMILES string of the molecule is C=C(N)c1cccc(-c2c[nH]c3cc(CN)ccc23)c1. The molecule has 100 valence electrons. The van der Waals surface area contributed by atoms with Crippen LogP contribution in [-0.4, -0.2) is 4.98 Å². The van der Waals surface area contributed by atoms with Gasteiger partial charge in [-0.05, 0) is 28.8 Å². The molecule has 0 aliphatic carbocycles. The number of H-pyrrole nitrogens is 1. The second-order valence-corrected chi connectivity index (χ2v) is 4.89. The molecule has 0 atom stereocenters. The quantitative estimate of drug-likeness (QED) is 0.679. The predicted octanol–water partition coefficient (Wildman–Crippen LogP) is 3.22. The van der Waals surface area contributed by atoms with Gasteiger partial charge < -0.3 is 16.5 Å². The van der Waals surface area contributed by atoms with Gasteiger partial charge in [-0.3, -0.25) is 0 Å². The van der Waals surface area contributed by atoms with Gasteiger partial charge in [0, 0.05) is 34.9 Å². The third-order valence-corrected chi connectivity index (χ3v) is 3.53. The second kappa shape index (κ2) is 4.87. The first-order valence-corrected chi connectivity index (χ1v) is 6.54. The van der Waals surface area contributed by atoms with Gasteiger partial charge in [-0.1, -0.05) is 36.9 Å². The van der Waals surface area contributed by atoms with Gasteiger partial charge in [-0.25, -0.2) is 0 Å². The van der Waals surface area contributed by atoms with Crippen molar-refractivity contribution in [2.75, 3.05) is 0 Å². The fraction of sp³-hybridized carbons (Fsp3) is 0.0588. The maximum absolute atomic E-state index is 5.77. The summed E-state index contributed by atoms with van der Waals surface area (Å²) in [6.07, 6.45) is 2.02. The molecule has 0 spiro atoms. The monoisotopic (exact) mass is 263 g/mol. The molecule has 0 aliphatic rings. The van der Waals surface area contributed by atoms with Gasteiger partial charge in [0.2, 0.25) is 0 Å². The summed E-state index contributed by atoms with van der Waals surface area (Å²) in [7, 11) is 0. The van der Waals surface area contributed by atoms with Gasteiger partial charge >= 0.3 is 0 Å². The lowest BCUT2D eigenvalue weighted by molar-refractivity contribution is 1.07. The smallest absolute Gasteiger partial charge is 0.0463 e. The van der Waals surface area contributed by atoms with Crippen LogP contribution in [0.2, 0.25) is 0 Å². The summed E-state index contributed by atoms with van der Waals surface area (Å²) in [6.45, 7) is 4.34. The molecule has 0 saturated heterocycles. The van der Waals surface area contributed by atoms with Gasteiger partial charge in [0.05, 0.1) is 0 Å². The first-order valence-electron chi connectivity index (χ1n) is 6.54. The normalized spacial score (nSPS) is 10.8. The highest BCUT2D eigenvalue weighted by Crippen LogP contribution is 2.30. The van der Waals surface area contributed by atoms with Crippen molar-refractivity contribution in [1.29, 1.82) is 0 Å². The Morgan fingerprint density at radius 2 is 2.00 bits per heavy atom. The van der Waals surface area contributed by atoms with Crippen molar-refractivity contribution >= 4 is 16.6 Å². The zero-order valence-electron chi connectivity index (χ0n) is 11.2. The molecule has 0 radical (unpaired) electrons. The van der Waals surface area contributed by atoms with Gasteiger partial charge in [-0.2, -0.15) is 0 Å². The van der Waals surface area contributed by atoms with E-state index in [-0.39, 0.29) is 0 Å². The van der Waals surface area contributed by atoms with Crippen LogP contribution in [0.1, 0.15) is 11.1 Å². The van der Waals surface area contributed by atoms with E-state index in [1.807, 2.05) is 18.3 Å². The average Bonchev–Trinajstić information content (AvgIpc) is 2.90. The summed E-state index contributed by atoms with van der Waals surface area (Å²) in [4.78, 5) is 3.30. The molecule has 3 nitrogen and oxygen atoms in total. The Balaban J connectivity index is 2.15. The third-order valence-electron chi connectivity index (χ3n) is 3.53. The van der Waals surface area contributed by atoms with Crippen LogP contribution in [0.4, 0.5) is 0 Å². The molecule has 0 unspecified atom stereocenters. The fourth-order valence-electron chi connectivity index (χ4n) is 2.43. The molecule has 0 amide bonds. The Morgan fingerprint density at radius 1 is 1.15 bits per heavy atom. The molecule has 0 aliphatic heterocycles. The maximum atomic E-state index is 5.77. The number of aromatic nitrogens is 1. The molecule has 3 aromatic rings. The summed E-state index contributed by atoms with van der Waals surface area (Å²) >= 11 is 0. The maximum Gasteiger partial charge on any atom is 0.0463 e. The van der Waals surface area contributed by atoms with Gasteiger partial charge in [0.15, 0.2) is 0 Å². The highest BCUT2D eigenvalue weighted by molar-refractivity contribution is 5.96. The number of hydrogen-bond donors (Lipinski definition) is 3. The van der Waals surface area contributed by atoms with Crippen LogP contribution >= 0.6 is 0 Å². The summed E-state index contributed by atoms with van der Waals surface area (Å²) in [6, 6.07) is 14.3. The molecule has 20 heavy (non-hydrogen) atoms. The number of nitrogens with two attached hydrogens (primary N) is 2. The molecule has 3 rings (SSSR count). The standard InChI is InChI=1S/C17H17N3/c1-11(19)13-3-2-4-14(8-13)16-10-20-17-7-12(9-18)5-6-15(16)17/h2-8,10,20H,1,9,18-19H2. The number of aromatic amines is 1. The Bertz CT molecular complexity index is 784. The third kappa shape index (κ3) is 2.08. The molecule has 3 heteroatoms. The van der Waals surface area contributed by atoms with Crippen molar-refractivity contribution in [2.24, 2.45) is 11.5 Å². The van der Waals surface area contributed by atoms with E-state index in [0.29, 0.717) is 12.2 Å².